The summed E-state index contributed by atoms with van der Waals surface area (Å²) in [5.41, 5.74) is 5.37. The van der Waals surface area contributed by atoms with Crippen LogP contribution in [0.15, 0.2) is 54.7 Å². The molecule has 0 spiro atoms. The number of carbonyl (C=O) groups excluding carboxylic acids is 2. The molecule has 0 saturated carbocycles. The van der Waals surface area contributed by atoms with Gasteiger partial charge in [0.25, 0.3) is 5.91 Å². The van der Waals surface area contributed by atoms with Crippen LogP contribution in [-0.4, -0.2) is 60.3 Å². The van der Waals surface area contributed by atoms with Crippen molar-refractivity contribution in [1.29, 1.82) is 0 Å². The monoisotopic (exact) mass is 448 g/mol. The highest BCUT2D eigenvalue weighted by Gasteiger charge is 2.22. The zero-order chi connectivity index (χ0) is 23.8. The third-order valence-electron chi connectivity index (χ3n) is 5.36. The van der Waals surface area contributed by atoms with Gasteiger partial charge in [0, 0.05) is 39.1 Å². The summed E-state index contributed by atoms with van der Waals surface area (Å²) >= 11 is 0. The van der Waals surface area contributed by atoms with Crippen LogP contribution in [0.2, 0.25) is 0 Å². The van der Waals surface area contributed by atoms with Crippen molar-refractivity contribution in [2.24, 2.45) is 0 Å². The molecule has 7 heteroatoms. The number of nitrogens with zero attached hydrogens (tertiary/aromatic N) is 3. The van der Waals surface area contributed by atoms with E-state index >= 15 is 0 Å². The largest absolute Gasteiger partial charge is 0.385 e. The molecule has 0 aliphatic rings. The summed E-state index contributed by atoms with van der Waals surface area (Å²) in [4.78, 5) is 27.0. The molecular weight excluding hydrogens is 416 g/mol. The molecule has 1 N–H and O–H groups in total. The SMILES string of the molecule is COCCCNC(=O)CN(C)C(=O)c1cn(Cc2ccc(C)cc2)nc1-c1ccc(C)cc1. The van der Waals surface area contributed by atoms with Crippen molar-refractivity contribution in [1.82, 2.24) is 20.0 Å². The zero-order valence-corrected chi connectivity index (χ0v) is 19.8. The van der Waals surface area contributed by atoms with Crippen LogP contribution in [0.3, 0.4) is 0 Å². The Morgan fingerprint density at radius 1 is 1.03 bits per heavy atom. The summed E-state index contributed by atoms with van der Waals surface area (Å²) in [6, 6.07) is 16.2. The van der Waals surface area contributed by atoms with Crippen LogP contribution in [0.25, 0.3) is 11.3 Å². The quantitative estimate of drug-likeness (QED) is 0.482. The Bertz CT molecular complexity index is 1070. The lowest BCUT2D eigenvalue weighted by molar-refractivity contribution is -0.121. The molecule has 2 aromatic carbocycles. The van der Waals surface area contributed by atoms with Crippen LogP contribution in [0, 0.1) is 13.8 Å². The van der Waals surface area contributed by atoms with Gasteiger partial charge in [0.2, 0.25) is 5.91 Å². The van der Waals surface area contributed by atoms with Gasteiger partial charge in [-0.3, -0.25) is 14.3 Å². The van der Waals surface area contributed by atoms with Crippen LogP contribution in [0.1, 0.15) is 33.5 Å². The molecule has 1 heterocycles. The molecule has 0 saturated heterocycles. The minimum atomic E-state index is -0.243. The number of likely N-dealkylation sites (N-methyl/N-ethyl adjacent to an activating group) is 1. The van der Waals surface area contributed by atoms with E-state index in [9.17, 15) is 9.59 Å². The second kappa shape index (κ2) is 11.4. The summed E-state index contributed by atoms with van der Waals surface area (Å²) in [7, 11) is 3.26. The third kappa shape index (κ3) is 6.76. The Kier molecular flexibility index (Phi) is 8.38. The van der Waals surface area contributed by atoms with Crippen LogP contribution < -0.4 is 5.32 Å². The van der Waals surface area contributed by atoms with Crippen molar-refractivity contribution < 1.29 is 14.3 Å². The number of benzene rings is 2. The first-order valence-corrected chi connectivity index (χ1v) is 11.1. The molecule has 174 valence electrons. The molecule has 0 bridgehead atoms. The zero-order valence-electron chi connectivity index (χ0n) is 19.8. The number of nitrogens with one attached hydrogen (secondary N) is 1. The van der Waals surface area contributed by atoms with Gasteiger partial charge >= 0.3 is 0 Å². The van der Waals surface area contributed by atoms with E-state index in [2.05, 4.69) is 29.6 Å². The summed E-state index contributed by atoms with van der Waals surface area (Å²) in [5.74, 6) is -0.446. The maximum atomic E-state index is 13.3. The molecule has 0 atom stereocenters. The first kappa shape index (κ1) is 24.2. The number of aryl methyl sites for hydroxylation is 2. The minimum Gasteiger partial charge on any atom is -0.385 e. The van der Waals surface area contributed by atoms with Crippen molar-refractivity contribution in [3.05, 3.63) is 77.0 Å². The van der Waals surface area contributed by atoms with Gasteiger partial charge < -0.3 is 15.0 Å². The number of ether oxygens (including phenoxy) is 1. The molecule has 3 rings (SSSR count). The number of rotatable bonds is 10. The molecule has 0 unspecified atom stereocenters. The van der Waals surface area contributed by atoms with Gasteiger partial charge in [-0.05, 0) is 25.8 Å². The number of amides is 2. The van der Waals surface area contributed by atoms with Crippen LogP contribution >= 0.6 is 0 Å². The lowest BCUT2D eigenvalue weighted by Crippen LogP contribution is -2.38. The molecule has 2 amide bonds. The lowest BCUT2D eigenvalue weighted by Gasteiger charge is -2.16. The summed E-state index contributed by atoms with van der Waals surface area (Å²) < 4.78 is 6.77. The molecular formula is C26H32N4O3. The fourth-order valence-electron chi connectivity index (χ4n) is 3.46. The summed E-state index contributed by atoms with van der Waals surface area (Å²) in [6.45, 7) is 5.68. The fourth-order valence-corrected chi connectivity index (χ4v) is 3.46. The Morgan fingerprint density at radius 3 is 2.30 bits per heavy atom. The molecule has 1 aromatic heterocycles. The Labute approximate surface area is 195 Å². The smallest absolute Gasteiger partial charge is 0.257 e. The van der Waals surface area contributed by atoms with Gasteiger partial charge in [-0.25, -0.2) is 0 Å². The maximum absolute atomic E-state index is 13.3. The summed E-state index contributed by atoms with van der Waals surface area (Å²) in [6.07, 6.45) is 2.49. The lowest BCUT2D eigenvalue weighted by atomic mass is 10.1. The van der Waals surface area contributed by atoms with Crippen molar-refractivity contribution in [2.45, 2.75) is 26.8 Å². The van der Waals surface area contributed by atoms with Gasteiger partial charge in [0.1, 0.15) is 5.69 Å². The maximum Gasteiger partial charge on any atom is 0.257 e. The molecule has 0 aliphatic heterocycles. The third-order valence-corrected chi connectivity index (χ3v) is 5.36. The number of aromatic nitrogens is 2. The molecule has 7 nitrogen and oxygen atoms in total. The van der Waals surface area contributed by atoms with Crippen molar-refractivity contribution in [3.63, 3.8) is 0 Å². The number of hydrogen-bond acceptors (Lipinski definition) is 4. The predicted octanol–water partition coefficient (Wildman–Crippen LogP) is 3.44. The second-order valence-electron chi connectivity index (χ2n) is 8.30. The number of carbonyl (C=O) groups is 2. The van der Waals surface area contributed by atoms with E-state index < -0.39 is 0 Å². The van der Waals surface area contributed by atoms with Gasteiger partial charge in [-0.1, -0.05) is 59.7 Å². The van der Waals surface area contributed by atoms with Gasteiger partial charge in [-0.2, -0.15) is 5.10 Å². The minimum absolute atomic E-state index is 0.0255. The van der Waals surface area contributed by atoms with E-state index in [0.717, 1.165) is 23.1 Å². The van der Waals surface area contributed by atoms with Crippen LogP contribution in [-0.2, 0) is 16.1 Å². The Morgan fingerprint density at radius 2 is 1.67 bits per heavy atom. The average molecular weight is 449 g/mol. The number of methoxy groups -OCH3 is 1. The first-order chi connectivity index (χ1) is 15.9. The van der Waals surface area contributed by atoms with Gasteiger partial charge in [-0.15, -0.1) is 0 Å². The van der Waals surface area contributed by atoms with Crippen molar-refractivity contribution >= 4 is 11.8 Å². The molecule has 33 heavy (non-hydrogen) atoms. The normalized spacial score (nSPS) is 10.8. The van der Waals surface area contributed by atoms with Gasteiger partial charge in [0.05, 0.1) is 18.7 Å². The van der Waals surface area contributed by atoms with Crippen LogP contribution in [0.5, 0.6) is 0 Å². The average Bonchev–Trinajstić information content (AvgIpc) is 3.22. The standard InChI is InChI=1S/C26H32N4O3/c1-19-6-10-21(11-7-19)16-30-17-23(25(28-30)22-12-8-20(2)9-13-22)26(32)29(3)18-24(31)27-14-5-15-33-4/h6-13,17H,5,14-16,18H2,1-4H3,(H,27,31). The molecule has 0 aliphatic carbocycles. The number of hydrogen-bond donors (Lipinski definition) is 1. The first-order valence-electron chi connectivity index (χ1n) is 11.1. The van der Waals surface area contributed by atoms with Crippen molar-refractivity contribution in [3.8, 4) is 11.3 Å². The molecule has 0 radical (unpaired) electrons. The van der Waals surface area contributed by atoms with E-state index in [4.69, 9.17) is 9.84 Å². The molecule has 3 aromatic rings. The van der Waals surface area contributed by atoms with Crippen LogP contribution in [0.4, 0.5) is 0 Å². The Balaban J connectivity index is 1.81. The van der Waals surface area contributed by atoms with E-state index in [1.165, 1.54) is 10.5 Å². The van der Waals surface area contributed by atoms with E-state index in [-0.39, 0.29) is 18.4 Å². The van der Waals surface area contributed by atoms with E-state index in [1.807, 2.05) is 38.1 Å². The Hall–Kier alpha value is -3.45. The topological polar surface area (TPSA) is 76.5 Å². The second-order valence-corrected chi connectivity index (χ2v) is 8.30. The molecule has 0 fully saturated rings. The highest BCUT2D eigenvalue weighted by Crippen LogP contribution is 2.24. The van der Waals surface area contributed by atoms with E-state index in [1.54, 1.807) is 25.0 Å². The van der Waals surface area contributed by atoms with E-state index in [0.29, 0.717) is 31.0 Å². The summed E-state index contributed by atoms with van der Waals surface area (Å²) in [5, 5.41) is 7.55. The fraction of sp³-hybridized carbons (Fsp3) is 0.346. The van der Waals surface area contributed by atoms with Crippen molar-refractivity contribution in [2.75, 3.05) is 33.9 Å². The highest BCUT2D eigenvalue weighted by atomic mass is 16.5. The van der Waals surface area contributed by atoms with Gasteiger partial charge in [0.15, 0.2) is 0 Å². The predicted molar refractivity (Wildman–Crippen MR) is 129 cm³/mol. The highest BCUT2D eigenvalue weighted by molar-refractivity contribution is 6.01.